The van der Waals surface area contributed by atoms with Gasteiger partial charge in [0.2, 0.25) is 0 Å². The van der Waals surface area contributed by atoms with Crippen LogP contribution in [-0.4, -0.2) is 14.5 Å². The Morgan fingerprint density at radius 3 is 1.98 bits per heavy atom. The maximum atomic E-state index is 9.24. The van der Waals surface area contributed by atoms with Crippen LogP contribution in [0.4, 0.5) is 0 Å². The van der Waals surface area contributed by atoms with Gasteiger partial charge in [0.05, 0.1) is 39.4 Å². The molecule has 0 spiro atoms. The van der Waals surface area contributed by atoms with Crippen LogP contribution in [0, 0.1) is 11.3 Å². The molecule has 0 aliphatic carbocycles. The van der Waals surface area contributed by atoms with Crippen molar-refractivity contribution in [1.29, 1.82) is 5.26 Å². The SMILES string of the molecule is N#Cc1ccc(-c2ccc3c(c2)c2cc(-c4ccc5ccc6cccnc6c5n4)ccc2n3-c2ccccc2)cc1. The molecule has 4 heteroatoms. The summed E-state index contributed by atoms with van der Waals surface area (Å²) in [5.41, 5.74) is 10.1. The third kappa shape index (κ3) is 3.76. The van der Waals surface area contributed by atoms with Gasteiger partial charge in [-0.2, -0.15) is 5.26 Å². The molecule has 8 rings (SSSR count). The summed E-state index contributed by atoms with van der Waals surface area (Å²) in [5.74, 6) is 0. The Hall–Kier alpha value is -5.79. The third-order valence-corrected chi connectivity index (χ3v) is 7.85. The van der Waals surface area contributed by atoms with E-state index in [1.165, 1.54) is 5.39 Å². The predicted molar refractivity (Wildman–Crippen MR) is 167 cm³/mol. The number of benzene rings is 5. The molecule has 0 amide bonds. The van der Waals surface area contributed by atoms with Gasteiger partial charge in [-0.05, 0) is 71.8 Å². The fraction of sp³-hybridized carbons (Fsp3) is 0. The van der Waals surface area contributed by atoms with Crippen LogP contribution in [0.25, 0.3) is 71.7 Å². The van der Waals surface area contributed by atoms with Crippen molar-refractivity contribution >= 4 is 43.6 Å². The van der Waals surface area contributed by atoms with Crippen molar-refractivity contribution in [2.45, 2.75) is 0 Å². The van der Waals surface area contributed by atoms with Crippen molar-refractivity contribution in [2.75, 3.05) is 0 Å². The number of para-hydroxylation sites is 1. The second-order valence-electron chi connectivity index (χ2n) is 10.2. The zero-order valence-electron chi connectivity index (χ0n) is 22.0. The quantitative estimate of drug-likeness (QED) is 0.217. The molecule has 0 N–H and O–H groups in total. The molecule has 0 aliphatic rings. The van der Waals surface area contributed by atoms with Crippen molar-refractivity contribution < 1.29 is 0 Å². The van der Waals surface area contributed by atoms with Gasteiger partial charge >= 0.3 is 0 Å². The van der Waals surface area contributed by atoms with Crippen molar-refractivity contribution in [2.24, 2.45) is 0 Å². The first kappa shape index (κ1) is 23.1. The fourth-order valence-electron chi connectivity index (χ4n) is 5.84. The van der Waals surface area contributed by atoms with Crippen molar-refractivity contribution in [1.82, 2.24) is 14.5 Å². The maximum Gasteiger partial charge on any atom is 0.0991 e. The van der Waals surface area contributed by atoms with E-state index in [0.717, 1.165) is 66.3 Å². The minimum absolute atomic E-state index is 0.658. The zero-order valence-corrected chi connectivity index (χ0v) is 22.0. The summed E-state index contributed by atoms with van der Waals surface area (Å²) in [6.07, 6.45) is 1.83. The second-order valence-corrected chi connectivity index (χ2v) is 10.2. The first-order valence-corrected chi connectivity index (χ1v) is 13.6. The van der Waals surface area contributed by atoms with E-state index in [1.807, 2.05) is 42.6 Å². The van der Waals surface area contributed by atoms with Crippen LogP contribution in [0.3, 0.4) is 0 Å². The van der Waals surface area contributed by atoms with E-state index >= 15 is 0 Å². The first-order valence-electron chi connectivity index (χ1n) is 13.6. The highest BCUT2D eigenvalue weighted by Gasteiger charge is 2.15. The maximum absolute atomic E-state index is 9.24. The molecular weight excluding hydrogens is 500 g/mol. The minimum atomic E-state index is 0.658. The normalized spacial score (nSPS) is 11.4. The highest BCUT2D eigenvalue weighted by molar-refractivity contribution is 6.12. The largest absolute Gasteiger partial charge is 0.309 e. The highest BCUT2D eigenvalue weighted by Crippen LogP contribution is 2.37. The summed E-state index contributed by atoms with van der Waals surface area (Å²) in [6, 6.07) is 46.2. The molecule has 0 saturated carbocycles. The molecule has 41 heavy (non-hydrogen) atoms. The van der Waals surface area contributed by atoms with E-state index in [9.17, 15) is 5.26 Å². The lowest BCUT2D eigenvalue weighted by molar-refractivity contribution is 1.18. The minimum Gasteiger partial charge on any atom is -0.309 e. The molecule has 0 atom stereocenters. The van der Waals surface area contributed by atoms with Gasteiger partial charge in [0, 0.05) is 39.0 Å². The topological polar surface area (TPSA) is 54.5 Å². The molecule has 0 aliphatic heterocycles. The number of nitriles is 1. The summed E-state index contributed by atoms with van der Waals surface area (Å²) < 4.78 is 2.32. The molecule has 3 aromatic heterocycles. The van der Waals surface area contributed by atoms with Gasteiger partial charge in [0.15, 0.2) is 0 Å². The summed E-state index contributed by atoms with van der Waals surface area (Å²) in [4.78, 5) is 9.75. The van der Waals surface area contributed by atoms with Crippen LogP contribution < -0.4 is 0 Å². The molecule has 0 saturated heterocycles. The number of hydrogen-bond acceptors (Lipinski definition) is 3. The van der Waals surface area contributed by atoms with Gasteiger partial charge in [-0.1, -0.05) is 66.7 Å². The lowest BCUT2D eigenvalue weighted by Gasteiger charge is -2.09. The van der Waals surface area contributed by atoms with E-state index in [2.05, 4.69) is 107 Å². The van der Waals surface area contributed by atoms with E-state index in [0.29, 0.717) is 5.56 Å². The Labute approximate surface area is 236 Å². The molecule has 4 nitrogen and oxygen atoms in total. The molecule has 0 unspecified atom stereocenters. The predicted octanol–water partition coefficient (Wildman–Crippen LogP) is 9.09. The molecule has 5 aromatic carbocycles. The molecule has 3 heterocycles. The van der Waals surface area contributed by atoms with Gasteiger partial charge in [-0.3, -0.25) is 4.98 Å². The van der Waals surface area contributed by atoms with Crippen LogP contribution in [-0.2, 0) is 0 Å². The van der Waals surface area contributed by atoms with Gasteiger partial charge in [0.1, 0.15) is 0 Å². The molecule has 190 valence electrons. The number of rotatable bonds is 3. The molecule has 0 bridgehead atoms. The van der Waals surface area contributed by atoms with Crippen molar-refractivity contribution in [3.05, 3.63) is 139 Å². The Morgan fingerprint density at radius 2 is 1.22 bits per heavy atom. The van der Waals surface area contributed by atoms with Gasteiger partial charge < -0.3 is 4.57 Å². The number of aromatic nitrogens is 3. The molecule has 8 aromatic rings. The van der Waals surface area contributed by atoms with Crippen LogP contribution >= 0.6 is 0 Å². The third-order valence-electron chi connectivity index (χ3n) is 7.85. The Bertz CT molecular complexity index is 2310. The molecule has 0 fully saturated rings. The van der Waals surface area contributed by atoms with Crippen LogP contribution in [0.2, 0.25) is 0 Å². The van der Waals surface area contributed by atoms with Gasteiger partial charge in [0.25, 0.3) is 0 Å². The number of pyridine rings is 2. The van der Waals surface area contributed by atoms with Crippen LogP contribution in [0.5, 0.6) is 0 Å². The lowest BCUT2D eigenvalue weighted by Crippen LogP contribution is -1.93. The average molecular weight is 523 g/mol. The van der Waals surface area contributed by atoms with Crippen LogP contribution in [0.1, 0.15) is 5.56 Å². The highest BCUT2D eigenvalue weighted by atomic mass is 15.0. The van der Waals surface area contributed by atoms with E-state index < -0.39 is 0 Å². The summed E-state index contributed by atoms with van der Waals surface area (Å²) in [6.45, 7) is 0. The number of hydrogen-bond donors (Lipinski definition) is 0. The zero-order chi connectivity index (χ0) is 27.3. The number of nitrogens with zero attached hydrogens (tertiary/aromatic N) is 4. The van der Waals surface area contributed by atoms with Gasteiger partial charge in [-0.25, -0.2) is 4.98 Å². The smallest absolute Gasteiger partial charge is 0.0991 e. The Kier molecular flexibility index (Phi) is 5.16. The Balaban J connectivity index is 1.37. The standard InChI is InChI=1S/C37H22N4/c38-23-24-8-10-25(11-9-24)28-15-18-34-31(21-28)32-22-29(16-19-35(32)41(34)30-6-2-1-3-7-30)33-17-14-27-13-12-26-5-4-20-39-36(26)37(27)40-33/h1-22H. The second kappa shape index (κ2) is 9.15. The van der Waals surface area contributed by atoms with E-state index in [4.69, 9.17) is 4.98 Å². The van der Waals surface area contributed by atoms with Crippen molar-refractivity contribution in [3.8, 4) is 34.1 Å². The van der Waals surface area contributed by atoms with Crippen molar-refractivity contribution in [3.63, 3.8) is 0 Å². The summed E-state index contributed by atoms with van der Waals surface area (Å²) >= 11 is 0. The number of fused-ring (bicyclic) bond motifs is 6. The fourth-order valence-corrected chi connectivity index (χ4v) is 5.84. The Morgan fingerprint density at radius 1 is 0.561 bits per heavy atom. The molecule has 0 radical (unpaired) electrons. The lowest BCUT2D eigenvalue weighted by atomic mass is 10.0. The first-order chi connectivity index (χ1) is 20.3. The average Bonchev–Trinajstić information content (AvgIpc) is 3.38. The monoisotopic (exact) mass is 522 g/mol. The van der Waals surface area contributed by atoms with Crippen LogP contribution in [0.15, 0.2) is 134 Å². The molecular formula is C37H22N4. The van der Waals surface area contributed by atoms with E-state index in [1.54, 1.807) is 0 Å². The van der Waals surface area contributed by atoms with Gasteiger partial charge in [-0.15, -0.1) is 0 Å². The summed E-state index contributed by atoms with van der Waals surface area (Å²) in [5, 5.41) is 13.7. The van der Waals surface area contributed by atoms with E-state index in [-0.39, 0.29) is 0 Å². The summed E-state index contributed by atoms with van der Waals surface area (Å²) in [7, 11) is 0.